The number of hydrogen-bond donors (Lipinski definition) is 10. The van der Waals surface area contributed by atoms with Crippen molar-refractivity contribution in [3.63, 3.8) is 0 Å². The smallest absolute Gasteiger partial charge is 0.476 e. The molecule has 524 valence electrons. The number of halogens is 3. The number of anilines is 2. The predicted molar refractivity (Wildman–Crippen MR) is 419 cm³/mol. The fourth-order valence-corrected chi connectivity index (χ4v) is 11.9. The van der Waals surface area contributed by atoms with Gasteiger partial charge in [0.1, 0.15) is 17.1 Å². The molecule has 0 fully saturated rings. The van der Waals surface area contributed by atoms with E-state index in [1.807, 2.05) is 146 Å². The molecule has 17 aromatic rings. The topological polar surface area (TPSA) is 386 Å². The van der Waals surface area contributed by atoms with Crippen LogP contribution in [0.4, 0.5) is 11.4 Å². The molecule has 0 aliphatic rings. The summed E-state index contributed by atoms with van der Waals surface area (Å²) in [6, 6.07) is 72.8. The Hall–Kier alpha value is -12.5. The molecule has 0 saturated heterocycles. The van der Waals surface area contributed by atoms with Crippen LogP contribution in [-0.2, 0) is 14.3 Å². The molecule has 0 spiro atoms. The molecule has 17 rings (SSSR count). The first-order valence-electron chi connectivity index (χ1n) is 31.9. The number of aromatic amines is 5. The molecule has 12 N–H and O–H groups in total. The summed E-state index contributed by atoms with van der Waals surface area (Å²) in [5.41, 5.74) is 26.0. The lowest BCUT2D eigenvalue weighted by Crippen LogP contribution is -2.29. The van der Waals surface area contributed by atoms with Crippen molar-refractivity contribution in [1.82, 2.24) is 69.9 Å². The van der Waals surface area contributed by atoms with E-state index >= 15 is 0 Å². The maximum absolute atomic E-state index is 12.3. The molecule has 0 radical (unpaired) electrons. The van der Waals surface area contributed by atoms with Crippen molar-refractivity contribution in [2.24, 2.45) is 0 Å². The number of benzene rings is 10. The summed E-state index contributed by atoms with van der Waals surface area (Å²) < 4.78 is 9.70. The number of nitrogens with one attached hydrogen (secondary N) is 5. The van der Waals surface area contributed by atoms with Gasteiger partial charge in [-0.2, -0.15) is 25.1 Å². The van der Waals surface area contributed by atoms with Gasteiger partial charge in [-0.05, 0) is 108 Å². The molecule has 0 bridgehead atoms. The van der Waals surface area contributed by atoms with Gasteiger partial charge in [0.25, 0.3) is 0 Å². The van der Waals surface area contributed by atoms with Crippen LogP contribution in [0.25, 0.3) is 122 Å². The highest BCUT2D eigenvalue weighted by molar-refractivity contribution is 9.11. The van der Waals surface area contributed by atoms with E-state index in [4.69, 9.17) is 31.6 Å². The molecule has 29 heteroatoms. The number of nitrogen functional groups attached to an aromatic ring is 2. The second-order valence-corrected chi connectivity index (χ2v) is 25.7. The lowest BCUT2D eigenvalue weighted by atomic mass is 9.81. The van der Waals surface area contributed by atoms with Crippen LogP contribution in [0.1, 0.15) is 47.8 Å². The number of ether oxygens (including phenoxy) is 1. The van der Waals surface area contributed by atoms with Crippen LogP contribution in [0.2, 0.25) is 0 Å². The van der Waals surface area contributed by atoms with E-state index < -0.39 is 25.0 Å². The number of nitrogens with two attached hydrogens (primary N) is 2. The fraction of sp³-hybridized carbons (Fsp3) is 0.0526. The summed E-state index contributed by atoms with van der Waals surface area (Å²) in [6.45, 7) is 5.30. The van der Waals surface area contributed by atoms with Gasteiger partial charge in [-0.1, -0.05) is 187 Å². The zero-order chi connectivity index (χ0) is 74.4. The molecule has 0 atom stereocenters. The van der Waals surface area contributed by atoms with Crippen LogP contribution in [0.15, 0.2) is 244 Å². The summed E-state index contributed by atoms with van der Waals surface area (Å²) in [6.07, 6.45) is 0. The number of fused-ring (bicyclic) bond motifs is 7. The van der Waals surface area contributed by atoms with Crippen LogP contribution in [-0.4, -0.2) is 122 Å². The maximum atomic E-state index is 12.3. The Bertz CT molecular complexity index is 5980. The lowest BCUT2D eigenvalue weighted by Gasteiger charge is -2.02. The molecule has 0 aliphatic heterocycles. The van der Waals surface area contributed by atoms with Gasteiger partial charge in [-0.25, -0.2) is 19.7 Å². The average molecular weight is 1590 g/mol. The van der Waals surface area contributed by atoms with Crippen LogP contribution in [0.3, 0.4) is 0 Å². The maximum Gasteiger partial charge on any atom is 0.488 e. The number of aromatic carboxylic acids is 1. The minimum absolute atomic E-state index is 0.0746. The molecule has 0 saturated carbocycles. The van der Waals surface area contributed by atoms with Gasteiger partial charge in [0.2, 0.25) is 11.8 Å². The SMILES string of the molecule is Brc1ccc2nc(-c3n[nH]c4ccccc34)[nH]c2c1.CC(=O)OC(C)=O.CC(=O)n1nc(-c2nc3cc(Br)ccc3n2C(C)=O)c2ccccc21.Nc1ccc(Br)cc1N.O=C(O)c1n[nH]c2ccccc12.OB(O)c1ccccc1.c1ccc(-c2ccc3nc(-c4n[nH]c5ccccc45)[nH]c3c2)cc1. The number of carboxylic acid groups (broad SMARTS) is 1. The first-order valence-corrected chi connectivity index (χ1v) is 34.3. The highest BCUT2D eigenvalue weighted by atomic mass is 79.9. The fourth-order valence-electron chi connectivity index (χ4n) is 10.8. The highest BCUT2D eigenvalue weighted by Gasteiger charge is 2.23. The van der Waals surface area contributed by atoms with Gasteiger partial charge in [-0.15, -0.1) is 0 Å². The second kappa shape index (κ2) is 33.5. The zero-order valence-corrected chi connectivity index (χ0v) is 60.9. The summed E-state index contributed by atoms with van der Waals surface area (Å²) in [4.78, 5) is 75.1. The van der Waals surface area contributed by atoms with Crippen LogP contribution >= 0.6 is 47.8 Å². The second-order valence-electron chi connectivity index (χ2n) is 23.0. The van der Waals surface area contributed by atoms with Crippen molar-refractivity contribution in [2.75, 3.05) is 11.5 Å². The number of H-pyrrole nitrogens is 5. The number of nitrogens with zero attached hydrogens (tertiary/aromatic N) is 9. The molecule has 0 aliphatic carbocycles. The predicted octanol–water partition coefficient (Wildman–Crippen LogP) is 15.1. The number of esters is 2. The largest absolute Gasteiger partial charge is 0.488 e. The molecule has 0 amide bonds. The lowest BCUT2D eigenvalue weighted by molar-refractivity contribution is -0.156. The number of carbonyl (C=O) groups excluding carboxylic acids is 4. The Morgan fingerprint density at radius 2 is 0.924 bits per heavy atom. The quantitative estimate of drug-likeness (QED) is 0.0320. The van der Waals surface area contributed by atoms with Gasteiger partial charge in [-0.3, -0.25) is 39.0 Å². The Kier molecular flexibility index (Phi) is 23.5. The summed E-state index contributed by atoms with van der Waals surface area (Å²) >= 11 is 10.1. The average Bonchev–Trinajstić information content (AvgIpc) is 1.60. The van der Waals surface area contributed by atoms with Crippen molar-refractivity contribution in [1.29, 1.82) is 0 Å². The molecule has 7 aromatic heterocycles. The van der Waals surface area contributed by atoms with Crippen molar-refractivity contribution in [3.8, 4) is 45.7 Å². The van der Waals surface area contributed by atoms with Gasteiger partial charge in [0.05, 0.1) is 66.5 Å². The molecule has 0 unspecified atom stereocenters. The normalized spacial score (nSPS) is 10.6. The number of para-hydroxylation sites is 4. The third-order valence-corrected chi connectivity index (χ3v) is 17.0. The van der Waals surface area contributed by atoms with Gasteiger partial charge < -0.3 is 41.3 Å². The molecule has 105 heavy (non-hydrogen) atoms. The van der Waals surface area contributed by atoms with Crippen molar-refractivity contribution in [2.45, 2.75) is 27.7 Å². The first kappa shape index (κ1) is 73.7. The van der Waals surface area contributed by atoms with Crippen LogP contribution in [0, 0.1) is 0 Å². The monoisotopic (exact) mass is 1590 g/mol. The third-order valence-electron chi connectivity index (χ3n) is 15.6. The summed E-state index contributed by atoms with van der Waals surface area (Å²) in [7, 11) is -1.34. The number of aromatic nitrogens is 14. The molecule has 10 aromatic carbocycles. The van der Waals surface area contributed by atoms with E-state index in [1.165, 1.54) is 48.1 Å². The minimum atomic E-state index is -1.34. The van der Waals surface area contributed by atoms with E-state index in [1.54, 1.807) is 54.6 Å². The van der Waals surface area contributed by atoms with Crippen molar-refractivity contribution < 1.29 is 43.9 Å². The summed E-state index contributed by atoms with van der Waals surface area (Å²) in [5, 5.41) is 55.0. The van der Waals surface area contributed by atoms with E-state index in [0.29, 0.717) is 50.3 Å². The first-order chi connectivity index (χ1) is 50.6. The number of carbonyl (C=O) groups is 5. The van der Waals surface area contributed by atoms with Gasteiger partial charge in [0, 0.05) is 62.7 Å². The van der Waals surface area contributed by atoms with E-state index in [-0.39, 0.29) is 17.5 Å². The van der Waals surface area contributed by atoms with E-state index in [0.717, 1.165) is 91.2 Å². The Labute approximate surface area is 622 Å². The molecule has 25 nitrogen and oxygen atoms in total. The third kappa shape index (κ3) is 17.9. The zero-order valence-electron chi connectivity index (χ0n) is 56.1. The van der Waals surface area contributed by atoms with Crippen LogP contribution in [0.5, 0.6) is 0 Å². The Morgan fingerprint density at radius 1 is 0.438 bits per heavy atom. The van der Waals surface area contributed by atoms with Crippen molar-refractivity contribution in [3.05, 3.63) is 250 Å². The molecular weight excluding hydrogens is 1530 g/mol. The van der Waals surface area contributed by atoms with Gasteiger partial charge in [0.15, 0.2) is 23.2 Å². The summed E-state index contributed by atoms with van der Waals surface area (Å²) in [5.74, 6) is -0.501. The Morgan fingerprint density at radius 3 is 1.46 bits per heavy atom. The van der Waals surface area contributed by atoms with E-state index in [9.17, 15) is 24.0 Å². The highest BCUT2D eigenvalue weighted by Crippen LogP contribution is 2.33. The number of rotatable bonds is 6. The number of carboxylic acids is 1. The molecular formula is C76H62BBr3N16O9. The number of hydrogen-bond acceptors (Lipinski definition) is 17. The number of imidazole rings is 3. The van der Waals surface area contributed by atoms with Crippen molar-refractivity contribution >= 4 is 178 Å². The van der Waals surface area contributed by atoms with E-state index in [2.05, 4.69) is 138 Å². The van der Waals surface area contributed by atoms with Crippen LogP contribution < -0.4 is 16.9 Å². The minimum Gasteiger partial charge on any atom is -0.476 e. The van der Waals surface area contributed by atoms with Gasteiger partial charge >= 0.3 is 25.0 Å². The standard InChI is InChI=1S/C20H14N4.C18H13BrN4O2.C14H9BrN4.C8H6N2O2.C6H7BO2.C6H7BrN2.C4H6O3/c1-2-6-13(7-3-1)14-10-11-17-18(12-14)22-20(21-17)19-15-8-4-5-9-16(15)23-24-19;1-10(24)22-16-8-7-12(19)9-14(16)20-18(22)17-13-5-3-4-6-15(13)23(21-17)11(2)25;15-8-5-6-11-12(7-8)17-14(16-11)13-9-3-1-2-4-10(9)18-19-13;11-8(12)7-5-3-1-2-4-6(5)9-10-7;8-7(9)6-4-2-1-3-5-6;7-4-1-2-5(8)6(9)3-4;1-3(5)7-4(2)6/h1-12H,(H,21,22)(H,23,24);3-9H,1-2H3;1-7H,(H,16,17)(H,18,19);1-4H,(H,9,10)(H,11,12);1-5,8-9H;1-3H,8-9H2;1-2H3. The molecule has 7 heterocycles. The Balaban J connectivity index is 0.000000128.